The third kappa shape index (κ3) is 3.24. The molecule has 1 aliphatic rings. The summed E-state index contributed by atoms with van der Waals surface area (Å²) in [5.74, 6) is 2.15. The molecule has 1 saturated carbocycles. The second kappa shape index (κ2) is 5.85. The molecule has 110 valence electrons. The first-order chi connectivity index (χ1) is 10.2. The second-order valence-corrected chi connectivity index (χ2v) is 6.20. The lowest BCUT2D eigenvalue weighted by atomic mass is 10.2. The number of hydrogen-bond donors (Lipinski definition) is 0. The summed E-state index contributed by atoms with van der Waals surface area (Å²) in [6.07, 6.45) is 2.28. The molecule has 0 aliphatic heterocycles. The van der Waals surface area contributed by atoms with Crippen LogP contribution in [0.4, 0.5) is 0 Å². The first kappa shape index (κ1) is 14.1. The Morgan fingerprint density at radius 2 is 1.95 bits per heavy atom. The molecule has 4 nitrogen and oxygen atoms in total. The van der Waals surface area contributed by atoms with Gasteiger partial charge >= 0.3 is 0 Å². The van der Waals surface area contributed by atoms with E-state index in [-0.39, 0.29) is 5.78 Å². The van der Waals surface area contributed by atoms with Gasteiger partial charge in [-0.15, -0.1) is 11.3 Å². The zero-order chi connectivity index (χ0) is 14.8. The number of carbonyl (C=O) groups excluding carboxylic acids is 1. The molecule has 3 rings (SSSR count). The molecule has 0 spiro atoms. The zero-order valence-electron chi connectivity index (χ0n) is 12.1. The highest BCUT2D eigenvalue weighted by molar-refractivity contribution is 7.13. The second-order valence-electron chi connectivity index (χ2n) is 5.12. The Morgan fingerprint density at radius 1 is 1.29 bits per heavy atom. The van der Waals surface area contributed by atoms with E-state index in [2.05, 4.69) is 4.98 Å². The van der Waals surface area contributed by atoms with E-state index in [0.717, 1.165) is 39.9 Å². The molecule has 0 saturated heterocycles. The fourth-order valence-electron chi connectivity index (χ4n) is 2.14. The van der Waals surface area contributed by atoms with Crippen LogP contribution in [0.2, 0.25) is 0 Å². The molecule has 0 atom stereocenters. The summed E-state index contributed by atoms with van der Waals surface area (Å²) in [6, 6.07) is 7.43. The number of ketones is 1. The highest BCUT2D eigenvalue weighted by Crippen LogP contribution is 2.42. The molecule has 5 heteroatoms. The molecule has 0 radical (unpaired) electrons. The molecular formula is C16H17NO3S. The van der Waals surface area contributed by atoms with Gasteiger partial charge in [0.05, 0.1) is 17.7 Å². The molecule has 0 N–H and O–H groups in total. The SMILES string of the molecule is COc1ccc(OCc2nc(C3CC3)c(C(C)=O)s2)cc1. The first-order valence-corrected chi connectivity index (χ1v) is 7.76. The van der Waals surface area contributed by atoms with Crippen molar-refractivity contribution in [2.24, 2.45) is 0 Å². The van der Waals surface area contributed by atoms with Gasteiger partial charge in [0.2, 0.25) is 0 Å². The van der Waals surface area contributed by atoms with Crippen molar-refractivity contribution in [3.63, 3.8) is 0 Å². The van der Waals surface area contributed by atoms with E-state index in [4.69, 9.17) is 9.47 Å². The number of aromatic nitrogens is 1. The number of carbonyl (C=O) groups is 1. The van der Waals surface area contributed by atoms with Crippen molar-refractivity contribution in [3.8, 4) is 11.5 Å². The van der Waals surface area contributed by atoms with Crippen LogP contribution in [0.3, 0.4) is 0 Å². The minimum Gasteiger partial charge on any atom is -0.497 e. The van der Waals surface area contributed by atoms with Crippen LogP contribution in [0.15, 0.2) is 24.3 Å². The van der Waals surface area contributed by atoms with E-state index in [9.17, 15) is 4.79 Å². The van der Waals surface area contributed by atoms with Crippen LogP contribution < -0.4 is 9.47 Å². The minimum absolute atomic E-state index is 0.102. The standard InChI is InChI=1S/C16H17NO3S/c1-10(18)16-15(11-3-4-11)17-14(21-16)9-20-13-7-5-12(19-2)6-8-13/h5-8,11H,3-4,9H2,1-2H3. The van der Waals surface area contributed by atoms with Gasteiger partial charge in [0.15, 0.2) is 5.78 Å². The van der Waals surface area contributed by atoms with Crippen molar-refractivity contribution in [2.75, 3.05) is 7.11 Å². The quantitative estimate of drug-likeness (QED) is 0.761. The topological polar surface area (TPSA) is 48.4 Å². The molecule has 1 heterocycles. The van der Waals surface area contributed by atoms with Crippen LogP contribution in [0, 0.1) is 0 Å². The van der Waals surface area contributed by atoms with Crippen molar-refractivity contribution in [1.82, 2.24) is 4.98 Å². The van der Waals surface area contributed by atoms with Gasteiger partial charge in [0.1, 0.15) is 23.1 Å². The number of nitrogens with zero attached hydrogens (tertiary/aromatic N) is 1. The summed E-state index contributed by atoms with van der Waals surface area (Å²) in [7, 11) is 1.63. The summed E-state index contributed by atoms with van der Waals surface area (Å²) in [6.45, 7) is 2.00. The number of benzene rings is 1. The summed E-state index contributed by atoms with van der Waals surface area (Å²) in [5.41, 5.74) is 0.973. The number of Topliss-reactive ketones (excluding diaryl/α,β-unsaturated/α-hetero) is 1. The molecule has 2 aromatic rings. The van der Waals surface area contributed by atoms with Crippen molar-refractivity contribution in [3.05, 3.63) is 39.8 Å². The van der Waals surface area contributed by atoms with E-state index in [0.29, 0.717) is 12.5 Å². The van der Waals surface area contributed by atoms with E-state index < -0.39 is 0 Å². The van der Waals surface area contributed by atoms with Gasteiger partial charge in [-0.05, 0) is 37.1 Å². The Labute approximate surface area is 127 Å². The predicted octanol–water partition coefficient (Wildman–Crippen LogP) is 3.81. The normalized spacial score (nSPS) is 14.0. The van der Waals surface area contributed by atoms with Crippen LogP contribution >= 0.6 is 11.3 Å². The maximum absolute atomic E-state index is 11.7. The van der Waals surface area contributed by atoms with Crippen LogP contribution in [-0.4, -0.2) is 17.9 Å². The third-order valence-corrected chi connectivity index (χ3v) is 4.55. The summed E-state index contributed by atoms with van der Waals surface area (Å²) in [4.78, 5) is 17.1. The van der Waals surface area contributed by atoms with Gasteiger partial charge in [-0.1, -0.05) is 0 Å². The van der Waals surface area contributed by atoms with Crippen LogP contribution in [0.25, 0.3) is 0 Å². The van der Waals surface area contributed by atoms with Crippen LogP contribution in [-0.2, 0) is 6.61 Å². The summed E-state index contributed by atoms with van der Waals surface area (Å²) < 4.78 is 10.8. The Hall–Kier alpha value is -1.88. The molecule has 0 unspecified atom stereocenters. The van der Waals surface area contributed by atoms with Crippen LogP contribution in [0.1, 0.15) is 46.1 Å². The predicted molar refractivity (Wildman–Crippen MR) is 81.4 cm³/mol. The van der Waals surface area contributed by atoms with Crippen LogP contribution in [0.5, 0.6) is 11.5 Å². The molecular weight excluding hydrogens is 286 g/mol. The molecule has 1 aromatic carbocycles. The fraction of sp³-hybridized carbons (Fsp3) is 0.375. The largest absolute Gasteiger partial charge is 0.497 e. The molecule has 1 aliphatic carbocycles. The van der Waals surface area contributed by atoms with E-state index in [1.807, 2.05) is 24.3 Å². The van der Waals surface area contributed by atoms with Crippen molar-refractivity contribution < 1.29 is 14.3 Å². The third-order valence-electron chi connectivity index (χ3n) is 3.40. The number of hydrogen-bond acceptors (Lipinski definition) is 5. The monoisotopic (exact) mass is 303 g/mol. The minimum atomic E-state index is 0.102. The average Bonchev–Trinajstić information content (AvgIpc) is 3.25. The Bertz CT molecular complexity index is 644. The molecule has 21 heavy (non-hydrogen) atoms. The number of ether oxygens (including phenoxy) is 2. The molecule has 0 amide bonds. The number of rotatable bonds is 6. The lowest BCUT2D eigenvalue weighted by Crippen LogP contribution is -1.96. The Morgan fingerprint density at radius 3 is 2.52 bits per heavy atom. The maximum atomic E-state index is 11.7. The highest BCUT2D eigenvalue weighted by Gasteiger charge is 2.31. The van der Waals surface area contributed by atoms with Gasteiger partial charge in [0.25, 0.3) is 0 Å². The van der Waals surface area contributed by atoms with Crippen molar-refractivity contribution in [2.45, 2.75) is 32.3 Å². The Balaban J connectivity index is 1.69. The lowest BCUT2D eigenvalue weighted by molar-refractivity contribution is 0.102. The van der Waals surface area contributed by atoms with Gasteiger partial charge < -0.3 is 9.47 Å². The van der Waals surface area contributed by atoms with Gasteiger partial charge in [-0.25, -0.2) is 4.98 Å². The summed E-state index contributed by atoms with van der Waals surface area (Å²) >= 11 is 1.45. The molecule has 1 fully saturated rings. The van der Waals surface area contributed by atoms with Gasteiger partial charge in [-0.3, -0.25) is 4.79 Å². The summed E-state index contributed by atoms with van der Waals surface area (Å²) in [5, 5.41) is 0.859. The average molecular weight is 303 g/mol. The van der Waals surface area contributed by atoms with E-state index in [1.54, 1.807) is 14.0 Å². The van der Waals surface area contributed by atoms with Crippen molar-refractivity contribution in [1.29, 1.82) is 0 Å². The molecule has 1 aromatic heterocycles. The first-order valence-electron chi connectivity index (χ1n) is 6.94. The molecule has 0 bridgehead atoms. The maximum Gasteiger partial charge on any atom is 0.171 e. The Kier molecular flexibility index (Phi) is 3.92. The number of methoxy groups -OCH3 is 1. The van der Waals surface area contributed by atoms with Gasteiger partial charge in [-0.2, -0.15) is 0 Å². The van der Waals surface area contributed by atoms with Crippen molar-refractivity contribution >= 4 is 17.1 Å². The number of thiazole rings is 1. The lowest BCUT2D eigenvalue weighted by Gasteiger charge is -2.04. The van der Waals surface area contributed by atoms with E-state index >= 15 is 0 Å². The smallest absolute Gasteiger partial charge is 0.171 e. The van der Waals surface area contributed by atoms with Gasteiger partial charge in [0, 0.05) is 12.8 Å². The zero-order valence-corrected chi connectivity index (χ0v) is 12.9. The highest BCUT2D eigenvalue weighted by atomic mass is 32.1. The van der Waals surface area contributed by atoms with E-state index in [1.165, 1.54) is 11.3 Å². The fourth-order valence-corrected chi connectivity index (χ4v) is 3.10.